The van der Waals surface area contributed by atoms with Crippen molar-refractivity contribution in [1.29, 1.82) is 0 Å². The third-order valence-corrected chi connectivity index (χ3v) is 13.0. The SMILES string of the molecule is C[C@@H](CCOC[C@H](C)OS(C)(=O)=O)Oc1cncc(-c2nn(C3CCCCO3)c3ccc(O[Si](C)(C)C(C)(C)C)cc23)c1. The summed E-state index contributed by atoms with van der Waals surface area (Å²) >= 11 is 0. The number of ether oxygens (including phenoxy) is 3. The van der Waals surface area contributed by atoms with Crippen molar-refractivity contribution in [1.82, 2.24) is 14.8 Å². The van der Waals surface area contributed by atoms with Crippen LogP contribution in [-0.4, -0.2) is 69.8 Å². The van der Waals surface area contributed by atoms with E-state index in [9.17, 15) is 8.42 Å². The highest BCUT2D eigenvalue weighted by molar-refractivity contribution is 7.86. The van der Waals surface area contributed by atoms with Crippen LogP contribution < -0.4 is 9.16 Å². The molecule has 0 amide bonds. The Bertz CT molecular complexity index is 1480. The third kappa shape index (κ3) is 9.01. The van der Waals surface area contributed by atoms with Crippen molar-refractivity contribution in [3.63, 3.8) is 0 Å². The average Bonchev–Trinajstić information content (AvgIpc) is 3.29. The van der Waals surface area contributed by atoms with Gasteiger partial charge in [0.15, 0.2) is 6.23 Å². The number of pyridine rings is 1. The molecular weight excluding hydrogens is 587 g/mol. The van der Waals surface area contributed by atoms with Gasteiger partial charge in [0.25, 0.3) is 10.1 Å². The van der Waals surface area contributed by atoms with E-state index < -0.39 is 24.5 Å². The predicted octanol–water partition coefficient (Wildman–Crippen LogP) is 6.72. The lowest BCUT2D eigenvalue weighted by Gasteiger charge is -2.36. The molecule has 2 aromatic heterocycles. The molecule has 1 aliphatic heterocycles. The Morgan fingerprint density at radius 2 is 1.86 bits per heavy atom. The highest BCUT2D eigenvalue weighted by Gasteiger charge is 2.39. The Labute approximate surface area is 257 Å². The maximum absolute atomic E-state index is 11.3. The van der Waals surface area contributed by atoms with Gasteiger partial charge in [0.2, 0.25) is 8.32 Å². The van der Waals surface area contributed by atoms with Gasteiger partial charge in [-0.15, -0.1) is 0 Å². The number of hydrogen-bond donors (Lipinski definition) is 0. The highest BCUT2D eigenvalue weighted by Crippen LogP contribution is 2.40. The molecule has 43 heavy (non-hydrogen) atoms. The maximum Gasteiger partial charge on any atom is 0.264 e. The molecule has 0 saturated carbocycles. The summed E-state index contributed by atoms with van der Waals surface area (Å²) in [6.07, 6.45) is 7.40. The Morgan fingerprint density at radius 1 is 1.09 bits per heavy atom. The first-order chi connectivity index (χ1) is 20.1. The Kier molecular flexibility index (Phi) is 10.6. The minimum absolute atomic E-state index is 0.0738. The van der Waals surface area contributed by atoms with E-state index in [1.54, 1.807) is 19.3 Å². The van der Waals surface area contributed by atoms with Gasteiger partial charge < -0.3 is 18.6 Å². The summed E-state index contributed by atoms with van der Waals surface area (Å²) in [6.45, 7) is 16.1. The monoisotopic (exact) mass is 633 g/mol. The molecule has 12 heteroatoms. The first-order valence-electron chi connectivity index (χ1n) is 15.0. The smallest absolute Gasteiger partial charge is 0.264 e. The van der Waals surface area contributed by atoms with E-state index in [1.165, 1.54) is 0 Å². The van der Waals surface area contributed by atoms with Crippen molar-refractivity contribution in [3.8, 4) is 22.8 Å². The largest absolute Gasteiger partial charge is 0.543 e. The third-order valence-electron chi connectivity index (χ3n) is 7.97. The molecule has 1 fully saturated rings. The first-order valence-corrected chi connectivity index (χ1v) is 19.8. The molecule has 4 rings (SSSR count). The second-order valence-corrected chi connectivity index (χ2v) is 19.3. The fraction of sp³-hybridized carbons (Fsp3) is 0.613. The van der Waals surface area contributed by atoms with Crippen LogP contribution in [0.25, 0.3) is 22.2 Å². The number of hydrogen-bond acceptors (Lipinski definition) is 9. The van der Waals surface area contributed by atoms with Crippen LogP contribution in [0.4, 0.5) is 0 Å². The molecule has 1 aliphatic rings. The number of fused-ring (bicyclic) bond motifs is 1. The summed E-state index contributed by atoms with van der Waals surface area (Å²) in [4.78, 5) is 4.48. The molecule has 3 heterocycles. The van der Waals surface area contributed by atoms with Gasteiger partial charge in [-0.3, -0.25) is 9.17 Å². The van der Waals surface area contributed by atoms with E-state index in [1.807, 2.05) is 23.7 Å². The molecule has 1 saturated heterocycles. The fourth-order valence-electron chi connectivity index (χ4n) is 4.71. The van der Waals surface area contributed by atoms with Crippen LogP contribution in [0.5, 0.6) is 11.5 Å². The number of aromatic nitrogens is 3. The Balaban J connectivity index is 1.54. The molecular formula is C31H47N3O7SSi. The van der Waals surface area contributed by atoms with Gasteiger partial charge in [-0.25, -0.2) is 4.68 Å². The quantitative estimate of drug-likeness (QED) is 0.115. The van der Waals surface area contributed by atoms with Crippen molar-refractivity contribution in [2.45, 2.75) is 96.9 Å². The highest BCUT2D eigenvalue weighted by atomic mass is 32.2. The molecule has 0 radical (unpaired) electrons. The summed E-state index contributed by atoms with van der Waals surface area (Å²) in [5.41, 5.74) is 2.64. The van der Waals surface area contributed by atoms with Gasteiger partial charge in [0, 0.05) is 30.2 Å². The topological polar surface area (TPSA) is 111 Å². The van der Waals surface area contributed by atoms with E-state index in [0.29, 0.717) is 18.8 Å². The summed E-state index contributed by atoms with van der Waals surface area (Å²) in [5.74, 6) is 1.47. The van der Waals surface area contributed by atoms with Gasteiger partial charge in [-0.2, -0.15) is 13.5 Å². The van der Waals surface area contributed by atoms with Crippen LogP contribution >= 0.6 is 0 Å². The van der Waals surface area contributed by atoms with Crippen LogP contribution in [0, 0.1) is 0 Å². The van der Waals surface area contributed by atoms with Gasteiger partial charge in [0.1, 0.15) is 17.2 Å². The lowest BCUT2D eigenvalue weighted by Crippen LogP contribution is -2.43. The Hall–Kier alpha value is -2.51. The standard InChI is InChI=1S/C31H47N3O7SSi/c1-22(14-16-37-21-23(2)40-42(6,35)36)39-26-17-24(19-32-20-26)30-27-18-25(41-43(7,8)31(3,4)5)12-13-28(27)34(33-30)29-11-9-10-15-38-29/h12-13,17-20,22-23,29H,9-11,14-16,21H2,1-8H3/t22-,23-,29?/m0/s1. The predicted molar refractivity (Wildman–Crippen MR) is 171 cm³/mol. The van der Waals surface area contributed by atoms with Gasteiger partial charge in [0.05, 0.1) is 43.4 Å². The second-order valence-electron chi connectivity index (χ2n) is 13.0. The van der Waals surface area contributed by atoms with Crippen molar-refractivity contribution < 1.29 is 31.2 Å². The zero-order valence-electron chi connectivity index (χ0n) is 26.8. The number of benzene rings is 1. The Morgan fingerprint density at radius 3 is 2.53 bits per heavy atom. The fourth-order valence-corrected chi connectivity index (χ4v) is 6.38. The van der Waals surface area contributed by atoms with Crippen LogP contribution in [-0.2, 0) is 23.8 Å². The molecule has 0 spiro atoms. The number of nitrogens with zero attached hydrogens (tertiary/aromatic N) is 3. The van der Waals surface area contributed by atoms with Crippen LogP contribution in [0.2, 0.25) is 18.1 Å². The van der Waals surface area contributed by atoms with E-state index in [4.69, 9.17) is 27.9 Å². The van der Waals surface area contributed by atoms with Crippen LogP contribution in [0.3, 0.4) is 0 Å². The zero-order valence-corrected chi connectivity index (χ0v) is 28.6. The summed E-state index contributed by atoms with van der Waals surface area (Å²) in [5, 5.41) is 6.13. The van der Waals surface area contributed by atoms with Crippen LogP contribution in [0.15, 0.2) is 36.7 Å². The molecule has 3 atom stereocenters. The zero-order chi connectivity index (χ0) is 31.4. The molecule has 1 unspecified atom stereocenters. The lowest BCUT2D eigenvalue weighted by molar-refractivity contribution is -0.0365. The van der Waals surface area contributed by atoms with E-state index >= 15 is 0 Å². The van der Waals surface area contributed by atoms with Crippen molar-refractivity contribution in [2.75, 3.05) is 26.1 Å². The van der Waals surface area contributed by atoms with Crippen molar-refractivity contribution in [3.05, 3.63) is 36.7 Å². The van der Waals surface area contributed by atoms with Crippen molar-refractivity contribution in [2.24, 2.45) is 0 Å². The maximum atomic E-state index is 11.3. The van der Waals surface area contributed by atoms with E-state index in [-0.39, 0.29) is 24.0 Å². The number of rotatable bonds is 13. The molecule has 238 valence electrons. The normalized spacial score (nSPS) is 18.0. The van der Waals surface area contributed by atoms with E-state index in [0.717, 1.165) is 60.0 Å². The molecule has 0 aliphatic carbocycles. The second kappa shape index (κ2) is 13.6. The average molecular weight is 634 g/mol. The molecule has 1 aromatic carbocycles. The molecule has 10 nitrogen and oxygen atoms in total. The van der Waals surface area contributed by atoms with Gasteiger partial charge in [-0.1, -0.05) is 20.8 Å². The molecule has 0 bridgehead atoms. The summed E-state index contributed by atoms with van der Waals surface area (Å²) in [6, 6.07) is 8.19. The minimum Gasteiger partial charge on any atom is -0.543 e. The molecule has 0 N–H and O–H groups in total. The lowest BCUT2D eigenvalue weighted by atomic mass is 10.1. The summed E-state index contributed by atoms with van der Waals surface area (Å²) in [7, 11) is -5.55. The summed E-state index contributed by atoms with van der Waals surface area (Å²) < 4.78 is 54.0. The molecule has 3 aromatic rings. The van der Waals surface area contributed by atoms with Gasteiger partial charge in [-0.05, 0) is 75.5 Å². The van der Waals surface area contributed by atoms with Crippen LogP contribution in [0.1, 0.15) is 66.5 Å². The van der Waals surface area contributed by atoms with Crippen molar-refractivity contribution >= 4 is 29.3 Å². The first kappa shape index (κ1) is 33.4. The van der Waals surface area contributed by atoms with E-state index in [2.05, 4.69) is 51.0 Å². The minimum atomic E-state index is -3.51. The van der Waals surface area contributed by atoms with Gasteiger partial charge >= 0.3 is 0 Å².